The summed E-state index contributed by atoms with van der Waals surface area (Å²) in [5.41, 5.74) is 1.89. The van der Waals surface area contributed by atoms with Crippen molar-refractivity contribution in [2.75, 3.05) is 13.7 Å². The summed E-state index contributed by atoms with van der Waals surface area (Å²) >= 11 is 1.58. The number of ether oxygens (including phenoxy) is 2. The van der Waals surface area contributed by atoms with E-state index in [0.29, 0.717) is 6.61 Å². The first-order chi connectivity index (χ1) is 12.2. The van der Waals surface area contributed by atoms with Crippen LogP contribution in [0.5, 0.6) is 5.75 Å². The molecule has 0 bridgehead atoms. The van der Waals surface area contributed by atoms with Crippen molar-refractivity contribution in [3.63, 3.8) is 0 Å². The van der Waals surface area contributed by atoms with Crippen molar-refractivity contribution in [3.05, 3.63) is 59.1 Å². The standard InChI is InChI=1S/C19H20N2O3S/c1-13(14-7-3-5-9-16(14)23-2)20-18(22)11-24-12-19-21-15-8-4-6-10-17(15)25-19/h3-10,13H,11-12H2,1-2H3,(H,20,22). The number of nitrogens with zero attached hydrogens (tertiary/aromatic N) is 1. The molecule has 1 atom stereocenters. The summed E-state index contributed by atoms with van der Waals surface area (Å²) in [6.45, 7) is 2.24. The topological polar surface area (TPSA) is 60.5 Å². The Morgan fingerprint density at radius 1 is 1.20 bits per heavy atom. The fourth-order valence-electron chi connectivity index (χ4n) is 2.60. The van der Waals surface area contributed by atoms with Crippen molar-refractivity contribution in [1.82, 2.24) is 10.3 Å². The number of aromatic nitrogens is 1. The molecule has 0 aliphatic rings. The second-order valence-electron chi connectivity index (χ2n) is 5.60. The molecule has 6 heteroatoms. The van der Waals surface area contributed by atoms with Gasteiger partial charge in [0.05, 0.1) is 30.0 Å². The molecule has 0 saturated carbocycles. The molecule has 0 aliphatic heterocycles. The zero-order valence-corrected chi connectivity index (χ0v) is 15.0. The van der Waals surface area contributed by atoms with Crippen LogP contribution in [0.2, 0.25) is 0 Å². The molecule has 0 saturated heterocycles. The highest BCUT2D eigenvalue weighted by Gasteiger charge is 2.14. The van der Waals surface area contributed by atoms with Gasteiger partial charge in [0.25, 0.3) is 0 Å². The molecule has 0 radical (unpaired) electrons. The van der Waals surface area contributed by atoms with Crippen LogP contribution in [0.1, 0.15) is 23.5 Å². The summed E-state index contributed by atoms with van der Waals surface area (Å²) in [4.78, 5) is 16.6. The normalized spacial score (nSPS) is 12.1. The summed E-state index contributed by atoms with van der Waals surface area (Å²) < 4.78 is 12.0. The number of nitrogens with one attached hydrogen (secondary N) is 1. The van der Waals surface area contributed by atoms with Gasteiger partial charge in [-0.2, -0.15) is 0 Å². The van der Waals surface area contributed by atoms with Gasteiger partial charge < -0.3 is 14.8 Å². The molecule has 1 aromatic heterocycles. The minimum absolute atomic E-state index is 0.00455. The maximum atomic E-state index is 12.1. The predicted octanol–water partition coefficient (Wildman–Crippen LogP) is 3.70. The van der Waals surface area contributed by atoms with Crippen LogP contribution in [-0.2, 0) is 16.1 Å². The Balaban J connectivity index is 1.50. The van der Waals surface area contributed by atoms with Gasteiger partial charge in [-0.1, -0.05) is 30.3 Å². The lowest BCUT2D eigenvalue weighted by Gasteiger charge is -2.17. The Hall–Kier alpha value is -2.44. The summed E-state index contributed by atoms with van der Waals surface area (Å²) in [5.74, 6) is 0.588. The monoisotopic (exact) mass is 356 g/mol. The van der Waals surface area contributed by atoms with Crippen molar-refractivity contribution >= 4 is 27.5 Å². The number of hydrogen-bond acceptors (Lipinski definition) is 5. The molecule has 130 valence electrons. The number of fused-ring (bicyclic) bond motifs is 1. The van der Waals surface area contributed by atoms with E-state index in [1.807, 2.05) is 55.5 Å². The van der Waals surface area contributed by atoms with Gasteiger partial charge in [0.1, 0.15) is 17.4 Å². The highest BCUT2D eigenvalue weighted by atomic mass is 32.1. The van der Waals surface area contributed by atoms with E-state index in [1.165, 1.54) is 0 Å². The molecule has 0 fully saturated rings. The third kappa shape index (κ3) is 4.35. The van der Waals surface area contributed by atoms with Crippen molar-refractivity contribution in [3.8, 4) is 5.75 Å². The van der Waals surface area contributed by atoms with Gasteiger partial charge in [0, 0.05) is 5.56 Å². The fraction of sp³-hybridized carbons (Fsp3) is 0.263. The van der Waals surface area contributed by atoms with E-state index in [9.17, 15) is 4.79 Å². The number of rotatable bonds is 7. The quantitative estimate of drug-likeness (QED) is 0.701. The molecular weight excluding hydrogens is 336 g/mol. The predicted molar refractivity (Wildman–Crippen MR) is 98.8 cm³/mol. The second kappa shape index (κ2) is 8.09. The summed E-state index contributed by atoms with van der Waals surface area (Å²) in [6.07, 6.45) is 0. The van der Waals surface area contributed by atoms with Crippen LogP contribution in [0.15, 0.2) is 48.5 Å². The maximum Gasteiger partial charge on any atom is 0.246 e. The number of carbonyl (C=O) groups is 1. The van der Waals surface area contributed by atoms with Crippen LogP contribution in [0.3, 0.4) is 0 Å². The Labute approximate surface area is 150 Å². The Bertz CT molecular complexity index is 830. The minimum Gasteiger partial charge on any atom is -0.496 e. The molecule has 0 aliphatic carbocycles. The van der Waals surface area contributed by atoms with Crippen molar-refractivity contribution in [2.24, 2.45) is 0 Å². The van der Waals surface area contributed by atoms with E-state index in [1.54, 1.807) is 18.4 Å². The smallest absolute Gasteiger partial charge is 0.246 e. The van der Waals surface area contributed by atoms with Gasteiger partial charge in [-0.15, -0.1) is 11.3 Å². The molecule has 1 unspecified atom stereocenters. The van der Waals surface area contributed by atoms with Gasteiger partial charge in [-0.3, -0.25) is 4.79 Å². The Kier molecular flexibility index (Phi) is 5.63. The molecular formula is C19H20N2O3S. The second-order valence-corrected chi connectivity index (χ2v) is 6.71. The summed E-state index contributed by atoms with van der Waals surface area (Å²) in [6, 6.07) is 15.4. The van der Waals surface area contributed by atoms with Gasteiger partial charge in [0.2, 0.25) is 5.91 Å². The fourth-order valence-corrected chi connectivity index (χ4v) is 3.50. The number of amides is 1. The van der Waals surface area contributed by atoms with Crippen molar-refractivity contribution < 1.29 is 14.3 Å². The third-order valence-electron chi connectivity index (χ3n) is 3.78. The van der Waals surface area contributed by atoms with Crippen LogP contribution in [-0.4, -0.2) is 24.6 Å². The average molecular weight is 356 g/mol. The van der Waals surface area contributed by atoms with E-state index in [4.69, 9.17) is 9.47 Å². The molecule has 3 rings (SSSR count). The van der Waals surface area contributed by atoms with Gasteiger partial charge in [-0.25, -0.2) is 4.98 Å². The first kappa shape index (κ1) is 17.4. The van der Waals surface area contributed by atoms with E-state index in [0.717, 1.165) is 26.5 Å². The van der Waals surface area contributed by atoms with E-state index >= 15 is 0 Å². The van der Waals surface area contributed by atoms with Crippen LogP contribution >= 0.6 is 11.3 Å². The maximum absolute atomic E-state index is 12.1. The highest BCUT2D eigenvalue weighted by molar-refractivity contribution is 7.18. The van der Waals surface area contributed by atoms with Crippen LogP contribution in [0.4, 0.5) is 0 Å². The molecule has 1 amide bonds. The number of benzene rings is 2. The average Bonchev–Trinajstić information content (AvgIpc) is 3.04. The van der Waals surface area contributed by atoms with Gasteiger partial charge >= 0.3 is 0 Å². The largest absolute Gasteiger partial charge is 0.496 e. The summed E-state index contributed by atoms with van der Waals surface area (Å²) in [7, 11) is 1.62. The SMILES string of the molecule is COc1ccccc1C(C)NC(=O)COCc1nc2ccccc2s1. The molecule has 1 N–H and O–H groups in total. The minimum atomic E-state index is -0.167. The number of para-hydroxylation sites is 2. The van der Waals surface area contributed by atoms with Crippen LogP contribution in [0.25, 0.3) is 10.2 Å². The van der Waals surface area contributed by atoms with Crippen LogP contribution < -0.4 is 10.1 Å². The highest BCUT2D eigenvalue weighted by Crippen LogP contribution is 2.24. The first-order valence-electron chi connectivity index (χ1n) is 8.02. The van der Waals surface area contributed by atoms with Gasteiger partial charge in [0.15, 0.2) is 0 Å². The van der Waals surface area contributed by atoms with E-state index in [-0.39, 0.29) is 18.6 Å². The molecule has 25 heavy (non-hydrogen) atoms. The van der Waals surface area contributed by atoms with Crippen molar-refractivity contribution in [1.29, 1.82) is 0 Å². The molecule has 1 heterocycles. The van der Waals surface area contributed by atoms with E-state index in [2.05, 4.69) is 10.3 Å². The lowest BCUT2D eigenvalue weighted by molar-refractivity contribution is -0.126. The first-order valence-corrected chi connectivity index (χ1v) is 8.83. The Morgan fingerprint density at radius 2 is 1.96 bits per heavy atom. The van der Waals surface area contributed by atoms with Crippen LogP contribution in [0, 0.1) is 0 Å². The zero-order valence-electron chi connectivity index (χ0n) is 14.2. The zero-order chi connectivity index (χ0) is 17.6. The lowest BCUT2D eigenvalue weighted by Crippen LogP contribution is -2.30. The number of hydrogen-bond donors (Lipinski definition) is 1. The van der Waals surface area contributed by atoms with E-state index < -0.39 is 0 Å². The lowest BCUT2D eigenvalue weighted by atomic mass is 10.1. The molecule has 2 aromatic carbocycles. The number of carbonyl (C=O) groups excluding carboxylic acids is 1. The molecule has 0 spiro atoms. The Morgan fingerprint density at radius 3 is 2.76 bits per heavy atom. The molecule has 3 aromatic rings. The number of thiazole rings is 1. The number of methoxy groups -OCH3 is 1. The van der Waals surface area contributed by atoms with Gasteiger partial charge in [-0.05, 0) is 25.1 Å². The van der Waals surface area contributed by atoms with Crippen molar-refractivity contribution in [2.45, 2.75) is 19.6 Å². The summed E-state index contributed by atoms with van der Waals surface area (Å²) in [5, 5.41) is 3.79. The molecule has 5 nitrogen and oxygen atoms in total. The third-order valence-corrected chi connectivity index (χ3v) is 4.79.